The number of nitrogens with one attached hydrogen (secondary N) is 1. The summed E-state index contributed by atoms with van der Waals surface area (Å²) in [5.41, 5.74) is 8.41. The van der Waals surface area contributed by atoms with Crippen LogP contribution in [-0.4, -0.2) is 45.9 Å². The van der Waals surface area contributed by atoms with Crippen molar-refractivity contribution >= 4 is 22.7 Å². The number of halogens is 1. The van der Waals surface area contributed by atoms with Crippen molar-refractivity contribution in [1.29, 1.82) is 0 Å². The molecule has 4 rings (SSSR count). The van der Waals surface area contributed by atoms with Gasteiger partial charge in [0.25, 0.3) is 0 Å². The van der Waals surface area contributed by atoms with Crippen LogP contribution in [0.15, 0.2) is 42.7 Å². The number of aryl methyl sites for hydroxylation is 1. The highest BCUT2D eigenvalue weighted by Gasteiger charge is 2.37. The molecule has 7 nitrogen and oxygen atoms in total. The van der Waals surface area contributed by atoms with E-state index in [-0.39, 0.29) is 29.6 Å². The standard InChI is InChI=1S/C27H34FN5O2/c1-16(2)20(14-22(30-4)26(29)34)27(35)32-11-5-6-23(32)18-9-10-31-25(12-18)33-15-17(3)21-13-19(28)7-8-24(21)33/h7-10,12-13,15-16,20,22-23,30H,5-6,11,14H2,1-4H3,(H2,29,34). The summed E-state index contributed by atoms with van der Waals surface area (Å²) in [6.45, 7) is 6.65. The first-order valence-corrected chi connectivity index (χ1v) is 12.2. The predicted molar refractivity (Wildman–Crippen MR) is 134 cm³/mol. The van der Waals surface area contributed by atoms with E-state index in [1.807, 2.05) is 48.6 Å². The third-order valence-corrected chi connectivity index (χ3v) is 7.21. The number of fused-ring (bicyclic) bond motifs is 1. The molecule has 0 saturated carbocycles. The number of nitrogens with two attached hydrogens (primary N) is 1. The first kappa shape index (κ1) is 24.9. The second-order valence-electron chi connectivity index (χ2n) is 9.81. The van der Waals surface area contributed by atoms with E-state index in [4.69, 9.17) is 5.73 Å². The lowest BCUT2D eigenvalue weighted by Crippen LogP contribution is -2.45. The van der Waals surface area contributed by atoms with Crippen molar-refractivity contribution in [3.8, 4) is 5.82 Å². The molecular formula is C27H34FN5O2. The molecule has 3 unspecified atom stereocenters. The molecule has 3 atom stereocenters. The molecule has 1 aromatic carbocycles. The third kappa shape index (κ3) is 4.93. The van der Waals surface area contributed by atoms with Crippen molar-refractivity contribution in [1.82, 2.24) is 19.8 Å². The maximum atomic E-state index is 13.8. The van der Waals surface area contributed by atoms with Crippen molar-refractivity contribution in [2.24, 2.45) is 17.6 Å². The smallest absolute Gasteiger partial charge is 0.234 e. The molecule has 2 aromatic heterocycles. The van der Waals surface area contributed by atoms with Crippen molar-refractivity contribution in [2.45, 2.75) is 52.1 Å². The number of pyridine rings is 1. The summed E-state index contributed by atoms with van der Waals surface area (Å²) in [5.74, 6) is -0.168. The molecule has 186 valence electrons. The van der Waals surface area contributed by atoms with E-state index in [2.05, 4.69) is 10.3 Å². The summed E-state index contributed by atoms with van der Waals surface area (Å²) in [4.78, 5) is 32.0. The summed E-state index contributed by atoms with van der Waals surface area (Å²) in [6, 6.07) is 8.13. The monoisotopic (exact) mass is 479 g/mol. The van der Waals surface area contributed by atoms with Gasteiger partial charge >= 0.3 is 0 Å². The van der Waals surface area contributed by atoms with Gasteiger partial charge in [-0.1, -0.05) is 13.8 Å². The molecule has 3 heterocycles. The molecule has 1 aliphatic rings. The summed E-state index contributed by atoms with van der Waals surface area (Å²) < 4.78 is 15.8. The van der Waals surface area contributed by atoms with E-state index >= 15 is 0 Å². The first-order chi connectivity index (χ1) is 16.7. The Balaban J connectivity index is 1.64. The predicted octanol–water partition coefficient (Wildman–Crippen LogP) is 3.87. The Morgan fingerprint density at radius 2 is 2.03 bits per heavy atom. The maximum Gasteiger partial charge on any atom is 0.234 e. The summed E-state index contributed by atoms with van der Waals surface area (Å²) in [7, 11) is 1.69. The molecule has 0 bridgehead atoms. The zero-order valence-corrected chi connectivity index (χ0v) is 20.8. The van der Waals surface area contributed by atoms with E-state index in [1.54, 1.807) is 25.4 Å². The Hall–Kier alpha value is -3.26. The molecule has 0 aliphatic carbocycles. The van der Waals surface area contributed by atoms with Crippen LogP contribution in [0.2, 0.25) is 0 Å². The minimum absolute atomic E-state index is 0.0556. The number of aromatic nitrogens is 2. The summed E-state index contributed by atoms with van der Waals surface area (Å²) in [5, 5.41) is 3.79. The topological polar surface area (TPSA) is 93.2 Å². The third-order valence-electron chi connectivity index (χ3n) is 7.21. The van der Waals surface area contributed by atoms with Gasteiger partial charge in [0, 0.05) is 30.2 Å². The van der Waals surface area contributed by atoms with Gasteiger partial charge in [0.05, 0.1) is 17.6 Å². The molecule has 0 radical (unpaired) electrons. The SMILES string of the molecule is CNC(CC(C(=O)N1CCCC1c1ccnc(-n2cc(C)c3cc(F)ccc32)c1)C(C)C)C(N)=O. The zero-order valence-electron chi connectivity index (χ0n) is 20.8. The Bertz CT molecular complexity index is 1240. The van der Waals surface area contributed by atoms with Crippen molar-refractivity contribution < 1.29 is 14.0 Å². The summed E-state index contributed by atoms with van der Waals surface area (Å²) >= 11 is 0. The molecule has 0 spiro atoms. The number of hydrogen-bond donors (Lipinski definition) is 2. The van der Waals surface area contributed by atoms with Crippen LogP contribution in [0.25, 0.3) is 16.7 Å². The van der Waals surface area contributed by atoms with E-state index in [0.29, 0.717) is 13.0 Å². The average molecular weight is 480 g/mol. The zero-order chi connectivity index (χ0) is 25.3. The fourth-order valence-corrected chi connectivity index (χ4v) is 5.21. The molecule has 1 fully saturated rings. The van der Waals surface area contributed by atoms with Gasteiger partial charge in [-0.15, -0.1) is 0 Å². The van der Waals surface area contributed by atoms with Crippen molar-refractivity contribution in [2.75, 3.05) is 13.6 Å². The van der Waals surface area contributed by atoms with Gasteiger partial charge in [-0.2, -0.15) is 0 Å². The molecule has 1 aliphatic heterocycles. The van der Waals surface area contributed by atoms with Crippen LogP contribution in [0.1, 0.15) is 50.3 Å². The van der Waals surface area contributed by atoms with Crippen LogP contribution in [0, 0.1) is 24.6 Å². The minimum atomic E-state index is -0.546. The fourth-order valence-electron chi connectivity index (χ4n) is 5.21. The van der Waals surface area contributed by atoms with Gasteiger partial charge in [-0.05, 0) is 80.6 Å². The molecule has 35 heavy (non-hydrogen) atoms. The molecule has 2 amide bonds. The van der Waals surface area contributed by atoms with E-state index in [9.17, 15) is 14.0 Å². The number of carbonyl (C=O) groups is 2. The van der Waals surface area contributed by atoms with Gasteiger partial charge in [0.1, 0.15) is 11.6 Å². The Kier molecular flexibility index (Phi) is 7.21. The lowest BCUT2D eigenvalue weighted by atomic mass is 9.87. The van der Waals surface area contributed by atoms with Crippen LogP contribution in [0.5, 0.6) is 0 Å². The fraction of sp³-hybridized carbons (Fsp3) is 0.444. The van der Waals surface area contributed by atoms with E-state index in [1.165, 1.54) is 6.07 Å². The molecule has 3 N–H and O–H groups in total. The molecular weight excluding hydrogens is 445 g/mol. The second-order valence-corrected chi connectivity index (χ2v) is 9.81. The van der Waals surface area contributed by atoms with Crippen LogP contribution >= 0.6 is 0 Å². The van der Waals surface area contributed by atoms with Crippen LogP contribution in [0.3, 0.4) is 0 Å². The Morgan fingerprint density at radius 3 is 2.71 bits per heavy atom. The minimum Gasteiger partial charge on any atom is -0.368 e. The van der Waals surface area contributed by atoms with Gasteiger partial charge in [0.2, 0.25) is 11.8 Å². The Morgan fingerprint density at radius 1 is 1.26 bits per heavy atom. The highest BCUT2D eigenvalue weighted by molar-refractivity contribution is 5.85. The lowest BCUT2D eigenvalue weighted by Gasteiger charge is -2.32. The van der Waals surface area contributed by atoms with Crippen molar-refractivity contribution in [3.05, 3.63) is 59.7 Å². The number of rotatable bonds is 8. The van der Waals surface area contributed by atoms with E-state index < -0.39 is 11.9 Å². The average Bonchev–Trinajstić information content (AvgIpc) is 3.44. The van der Waals surface area contributed by atoms with E-state index in [0.717, 1.165) is 40.7 Å². The lowest BCUT2D eigenvalue weighted by molar-refractivity contribution is -0.138. The number of likely N-dealkylation sites (tertiary alicyclic amines) is 1. The van der Waals surface area contributed by atoms with Crippen LogP contribution < -0.4 is 11.1 Å². The number of nitrogens with zero attached hydrogens (tertiary/aromatic N) is 3. The number of likely N-dealkylation sites (N-methyl/N-ethyl adjacent to an activating group) is 1. The van der Waals surface area contributed by atoms with Gasteiger partial charge in [0.15, 0.2) is 0 Å². The van der Waals surface area contributed by atoms with Crippen LogP contribution in [-0.2, 0) is 9.59 Å². The van der Waals surface area contributed by atoms with Gasteiger partial charge in [-0.25, -0.2) is 9.37 Å². The van der Waals surface area contributed by atoms with Crippen LogP contribution in [0.4, 0.5) is 4.39 Å². The number of carbonyl (C=O) groups excluding carboxylic acids is 2. The van der Waals surface area contributed by atoms with Crippen molar-refractivity contribution in [3.63, 3.8) is 0 Å². The van der Waals surface area contributed by atoms with Gasteiger partial charge < -0.3 is 20.5 Å². The number of hydrogen-bond acceptors (Lipinski definition) is 4. The normalized spacial score (nSPS) is 17.8. The summed E-state index contributed by atoms with van der Waals surface area (Å²) in [6.07, 6.45) is 5.87. The molecule has 3 aromatic rings. The molecule has 1 saturated heterocycles. The highest BCUT2D eigenvalue weighted by atomic mass is 19.1. The first-order valence-electron chi connectivity index (χ1n) is 12.2. The number of primary amides is 1. The van der Waals surface area contributed by atoms with Gasteiger partial charge in [-0.3, -0.25) is 9.59 Å². The Labute approximate surface area is 205 Å². The maximum absolute atomic E-state index is 13.8. The highest BCUT2D eigenvalue weighted by Crippen LogP contribution is 2.36. The molecule has 8 heteroatoms. The quantitative estimate of drug-likeness (QED) is 0.513. The number of benzene rings is 1. The number of amides is 2. The second kappa shape index (κ2) is 10.2. The largest absolute Gasteiger partial charge is 0.368 e.